The van der Waals surface area contributed by atoms with E-state index in [-0.39, 0.29) is 11.1 Å². The number of non-ortho nitro benzene ring substituents is 1. The molecule has 0 saturated heterocycles. The first-order valence-electron chi connectivity index (χ1n) is 6.45. The Balaban J connectivity index is 2.05. The van der Waals surface area contributed by atoms with Crippen molar-refractivity contribution in [3.05, 3.63) is 52.2 Å². The lowest BCUT2D eigenvalue weighted by Crippen LogP contribution is -2.54. The lowest BCUT2D eigenvalue weighted by atomic mass is 9.81. The molecule has 1 spiro atoms. The molecular formula is C15H16N2O3. The van der Waals surface area contributed by atoms with Crippen LogP contribution in [0.2, 0.25) is 0 Å². The molecule has 0 aliphatic carbocycles. The van der Waals surface area contributed by atoms with Crippen LogP contribution in [0.3, 0.4) is 0 Å². The van der Waals surface area contributed by atoms with E-state index in [1.54, 1.807) is 6.07 Å². The lowest BCUT2D eigenvalue weighted by molar-refractivity contribution is -0.384. The van der Waals surface area contributed by atoms with Crippen LogP contribution in [0.25, 0.3) is 6.08 Å². The summed E-state index contributed by atoms with van der Waals surface area (Å²) >= 11 is 0. The highest BCUT2D eigenvalue weighted by Gasteiger charge is 2.51. The molecule has 104 valence electrons. The van der Waals surface area contributed by atoms with E-state index >= 15 is 0 Å². The van der Waals surface area contributed by atoms with Crippen molar-refractivity contribution >= 4 is 11.8 Å². The van der Waals surface area contributed by atoms with Crippen LogP contribution in [0.15, 0.2) is 36.6 Å². The number of ether oxygens (including phenoxy) is 1. The van der Waals surface area contributed by atoms with E-state index in [0.29, 0.717) is 5.75 Å². The van der Waals surface area contributed by atoms with Gasteiger partial charge in [-0.1, -0.05) is 19.9 Å². The number of nitro groups is 1. The first-order valence-corrected chi connectivity index (χ1v) is 6.45. The minimum atomic E-state index is -0.573. The maximum Gasteiger partial charge on any atom is 0.270 e. The summed E-state index contributed by atoms with van der Waals surface area (Å²) in [7, 11) is 1.96. The van der Waals surface area contributed by atoms with E-state index < -0.39 is 10.6 Å². The van der Waals surface area contributed by atoms with E-state index in [2.05, 4.69) is 19.9 Å². The van der Waals surface area contributed by atoms with Gasteiger partial charge in [0.25, 0.3) is 5.69 Å². The third-order valence-electron chi connectivity index (χ3n) is 4.12. The van der Waals surface area contributed by atoms with E-state index in [0.717, 1.165) is 5.56 Å². The molecule has 0 saturated carbocycles. The molecule has 0 amide bonds. The van der Waals surface area contributed by atoms with Gasteiger partial charge in [0.05, 0.1) is 4.92 Å². The van der Waals surface area contributed by atoms with Gasteiger partial charge < -0.3 is 9.64 Å². The van der Waals surface area contributed by atoms with Crippen LogP contribution < -0.4 is 4.74 Å². The Kier molecular flexibility index (Phi) is 2.45. The molecule has 0 N–H and O–H groups in total. The smallest absolute Gasteiger partial charge is 0.270 e. The van der Waals surface area contributed by atoms with Gasteiger partial charge in [0, 0.05) is 30.2 Å². The summed E-state index contributed by atoms with van der Waals surface area (Å²) in [6.45, 7) is 4.21. The fourth-order valence-electron chi connectivity index (χ4n) is 2.80. The fraction of sp³-hybridized carbons (Fsp3) is 0.333. The average molecular weight is 272 g/mol. The largest absolute Gasteiger partial charge is 0.463 e. The molecular weight excluding hydrogens is 256 g/mol. The molecule has 3 rings (SSSR count). The third kappa shape index (κ3) is 1.56. The second kappa shape index (κ2) is 3.85. The van der Waals surface area contributed by atoms with E-state index in [9.17, 15) is 10.1 Å². The lowest BCUT2D eigenvalue weighted by Gasteiger charge is -2.45. The van der Waals surface area contributed by atoms with Gasteiger partial charge in [-0.25, -0.2) is 0 Å². The van der Waals surface area contributed by atoms with E-state index in [1.165, 1.54) is 12.1 Å². The molecule has 0 bridgehead atoms. The van der Waals surface area contributed by atoms with Crippen LogP contribution in [-0.2, 0) is 0 Å². The molecule has 1 aromatic carbocycles. The van der Waals surface area contributed by atoms with Gasteiger partial charge in [0.1, 0.15) is 5.75 Å². The summed E-state index contributed by atoms with van der Waals surface area (Å²) < 4.78 is 6.20. The molecule has 20 heavy (non-hydrogen) atoms. The van der Waals surface area contributed by atoms with Crippen molar-refractivity contribution in [2.24, 2.45) is 5.41 Å². The van der Waals surface area contributed by atoms with Gasteiger partial charge in [0.2, 0.25) is 5.72 Å². The number of fused-ring (bicyclic) bond motifs is 1. The molecule has 0 radical (unpaired) electrons. The van der Waals surface area contributed by atoms with Crippen LogP contribution >= 0.6 is 0 Å². The van der Waals surface area contributed by atoms with Crippen molar-refractivity contribution in [1.82, 2.24) is 4.90 Å². The van der Waals surface area contributed by atoms with Gasteiger partial charge in [-0.15, -0.1) is 0 Å². The van der Waals surface area contributed by atoms with Gasteiger partial charge >= 0.3 is 0 Å². The third-order valence-corrected chi connectivity index (χ3v) is 4.12. The Labute approximate surface area is 117 Å². The van der Waals surface area contributed by atoms with Crippen LogP contribution in [0.4, 0.5) is 5.69 Å². The van der Waals surface area contributed by atoms with Crippen molar-refractivity contribution in [3.63, 3.8) is 0 Å². The standard InChI is InChI=1S/C15H16N2O3/c1-14(2)8-9-16(3)15(14)7-6-11-10-12(17(18)19)4-5-13(11)20-15/h4-10H,1-3H3. The first-order chi connectivity index (χ1) is 9.36. The quantitative estimate of drug-likeness (QED) is 0.582. The zero-order chi connectivity index (χ0) is 14.5. The summed E-state index contributed by atoms with van der Waals surface area (Å²) in [6.07, 6.45) is 7.98. The first kappa shape index (κ1) is 12.7. The summed E-state index contributed by atoms with van der Waals surface area (Å²) in [6, 6.07) is 4.68. The molecule has 2 heterocycles. The summed E-state index contributed by atoms with van der Waals surface area (Å²) in [5.41, 5.74) is 0.0550. The molecule has 0 fully saturated rings. The summed E-state index contributed by atoms with van der Waals surface area (Å²) in [4.78, 5) is 12.4. The summed E-state index contributed by atoms with van der Waals surface area (Å²) in [5.74, 6) is 0.668. The van der Waals surface area contributed by atoms with Crippen molar-refractivity contribution in [2.75, 3.05) is 7.05 Å². The van der Waals surface area contributed by atoms with Crippen LogP contribution in [-0.4, -0.2) is 22.6 Å². The SMILES string of the molecule is CN1C=CC(C)(C)C12C=Cc1cc([N+](=O)[O-])ccc1O2. The molecule has 5 nitrogen and oxygen atoms in total. The highest BCUT2D eigenvalue weighted by atomic mass is 16.6. The number of hydrogen-bond donors (Lipinski definition) is 0. The minimum Gasteiger partial charge on any atom is -0.463 e. The minimum absolute atomic E-state index is 0.0742. The number of rotatable bonds is 1. The monoisotopic (exact) mass is 272 g/mol. The number of nitrogens with zero attached hydrogens (tertiary/aromatic N) is 2. The molecule has 0 aromatic heterocycles. The topological polar surface area (TPSA) is 55.6 Å². The van der Waals surface area contributed by atoms with Crippen molar-refractivity contribution < 1.29 is 9.66 Å². The number of benzene rings is 1. The Morgan fingerprint density at radius 1 is 1.30 bits per heavy atom. The Morgan fingerprint density at radius 3 is 2.65 bits per heavy atom. The molecule has 1 aromatic rings. The molecule has 2 aliphatic rings. The maximum absolute atomic E-state index is 10.8. The normalized spacial score (nSPS) is 25.6. The van der Waals surface area contributed by atoms with Gasteiger partial charge in [-0.3, -0.25) is 10.1 Å². The van der Waals surface area contributed by atoms with Crippen LogP contribution in [0.1, 0.15) is 19.4 Å². The number of nitro benzene ring substituents is 1. The van der Waals surface area contributed by atoms with Crippen molar-refractivity contribution in [3.8, 4) is 5.75 Å². The zero-order valence-corrected chi connectivity index (χ0v) is 11.7. The molecule has 2 aliphatic heterocycles. The predicted molar refractivity (Wildman–Crippen MR) is 76.2 cm³/mol. The van der Waals surface area contributed by atoms with Gasteiger partial charge in [0.15, 0.2) is 0 Å². The van der Waals surface area contributed by atoms with Crippen molar-refractivity contribution in [2.45, 2.75) is 19.6 Å². The van der Waals surface area contributed by atoms with Crippen molar-refractivity contribution in [1.29, 1.82) is 0 Å². The Hall–Kier alpha value is -2.30. The van der Waals surface area contributed by atoms with Gasteiger partial charge in [-0.2, -0.15) is 0 Å². The number of likely N-dealkylation sites (N-methyl/N-ethyl adjacent to an activating group) is 1. The maximum atomic E-state index is 10.8. The predicted octanol–water partition coefficient (Wildman–Crippen LogP) is 3.18. The zero-order valence-electron chi connectivity index (χ0n) is 11.7. The van der Waals surface area contributed by atoms with Crippen LogP contribution in [0.5, 0.6) is 5.75 Å². The van der Waals surface area contributed by atoms with Gasteiger partial charge in [-0.05, 0) is 24.4 Å². The average Bonchev–Trinajstić information content (AvgIpc) is 2.62. The van der Waals surface area contributed by atoms with Crippen LogP contribution in [0, 0.1) is 15.5 Å². The second-order valence-electron chi connectivity index (χ2n) is 5.76. The highest BCUT2D eigenvalue weighted by molar-refractivity contribution is 5.64. The Bertz CT molecular complexity index is 649. The Morgan fingerprint density at radius 2 is 2.05 bits per heavy atom. The molecule has 1 unspecified atom stereocenters. The fourth-order valence-corrected chi connectivity index (χ4v) is 2.80. The second-order valence-corrected chi connectivity index (χ2v) is 5.76. The van der Waals surface area contributed by atoms with E-state index in [1.807, 2.05) is 30.3 Å². The molecule has 1 atom stereocenters. The van der Waals surface area contributed by atoms with E-state index in [4.69, 9.17) is 4.74 Å². The number of hydrogen-bond acceptors (Lipinski definition) is 4. The highest BCUT2D eigenvalue weighted by Crippen LogP contribution is 2.47. The molecule has 5 heteroatoms. The summed E-state index contributed by atoms with van der Waals surface area (Å²) in [5, 5.41) is 10.8.